The van der Waals surface area contributed by atoms with Gasteiger partial charge in [-0.2, -0.15) is 0 Å². The smallest absolute Gasteiger partial charge is 0.179 e. The summed E-state index contributed by atoms with van der Waals surface area (Å²) in [6.45, 7) is 4.64. The molecule has 0 amide bonds. The third-order valence-electron chi connectivity index (χ3n) is 12.8. The van der Waals surface area contributed by atoms with Gasteiger partial charge in [-0.1, -0.05) is 141 Å². The van der Waals surface area contributed by atoms with Gasteiger partial charge in [0.05, 0.1) is 11.0 Å². The molecule has 0 saturated carbocycles. The summed E-state index contributed by atoms with van der Waals surface area (Å²) in [4.78, 5) is 10.1. The maximum atomic E-state index is 6.71. The molecular weight excluding hydrogens is 737 g/mol. The quantitative estimate of drug-likeness (QED) is 0.0994. The first-order valence-electron chi connectivity index (χ1n) is 20.2. The second-order valence-electron chi connectivity index (χ2n) is 16.2. The minimum absolute atomic E-state index is 0.340. The summed E-state index contributed by atoms with van der Waals surface area (Å²) in [7, 11) is -3.03. The number of nitrogens with zero attached hydrogens (tertiary/aromatic N) is 4. The summed E-state index contributed by atoms with van der Waals surface area (Å²) < 4.78 is 11.3. The van der Waals surface area contributed by atoms with Gasteiger partial charge in [0.2, 0.25) is 0 Å². The molecule has 5 nitrogen and oxygen atoms in total. The number of ether oxygens (including phenoxy) is 1. The highest BCUT2D eigenvalue weighted by Gasteiger charge is 2.43. The molecule has 0 N–H and O–H groups in total. The second-order valence-corrected chi connectivity index (χ2v) is 20.0. The molecule has 0 saturated heterocycles. The zero-order valence-corrected chi connectivity index (χ0v) is 33.7. The Morgan fingerprint density at radius 1 is 0.492 bits per heavy atom. The predicted molar refractivity (Wildman–Crippen MR) is 245 cm³/mol. The zero-order chi connectivity index (χ0) is 39.3. The van der Waals surface area contributed by atoms with Gasteiger partial charge in [0.15, 0.2) is 8.07 Å². The number of aromatic nitrogens is 4. The van der Waals surface area contributed by atoms with Crippen LogP contribution in [0.3, 0.4) is 0 Å². The summed E-state index contributed by atoms with van der Waals surface area (Å²) >= 11 is 0. The number of fused-ring (bicyclic) bond motifs is 12. The Kier molecular flexibility index (Phi) is 7.23. The first kappa shape index (κ1) is 33.8. The number of rotatable bonds is 5. The molecule has 0 unspecified atom stereocenters. The van der Waals surface area contributed by atoms with Crippen molar-refractivity contribution in [3.05, 3.63) is 206 Å². The molecule has 0 atom stereocenters. The summed E-state index contributed by atoms with van der Waals surface area (Å²) in [5, 5.41) is 11.0. The molecule has 7 aromatic carbocycles. The van der Waals surface area contributed by atoms with Crippen LogP contribution in [0.15, 0.2) is 195 Å². The van der Waals surface area contributed by atoms with Crippen LogP contribution >= 0.6 is 0 Å². The van der Waals surface area contributed by atoms with E-state index in [0.717, 1.165) is 61.2 Å². The van der Waals surface area contributed by atoms with Gasteiger partial charge >= 0.3 is 0 Å². The molecule has 0 bridgehead atoms. The minimum atomic E-state index is -3.03. The van der Waals surface area contributed by atoms with Crippen LogP contribution in [-0.2, 0) is 5.41 Å². The first-order chi connectivity index (χ1) is 29.0. The van der Waals surface area contributed by atoms with Crippen LogP contribution in [0.5, 0.6) is 11.5 Å². The van der Waals surface area contributed by atoms with Crippen molar-refractivity contribution < 1.29 is 4.74 Å². The van der Waals surface area contributed by atoms with Crippen molar-refractivity contribution in [2.75, 3.05) is 0 Å². The van der Waals surface area contributed by atoms with E-state index in [0.29, 0.717) is 0 Å². The Morgan fingerprint density at radius 3 is 2.00 bits per heavy atom. The number of para-hydroxylation sites is 2. The molecule has 59 heavy (non-hydrogen) atoms. The van der Waals surface area contributed by atoms with E-state index in [4.69, 9.17) is 14.7 Å². The molecule has 0 aliphatic carbocycles. The van der Waals surface area contributed by atoms with E-state index in [1.54, 1.807) is 0 Å². The lowest BCUT2D eigenvalue weighted by atomic mass is 9.75. The standard InChI is InChI=1S/C53H38N4OSi/c1-53(2)45-23-10-12-25-47(45)58-48-29-28-42-43-22-14-30-54-52(43)57(50(42)49(48)53)35-15-13-20-38(33-35)59(36-16-5-3-6-17-36,37-18-7-4-8-19-37)39-26-27-40-41-21-9-11-24-46(41)56-32-31-55-51(56)44(40)34-39/h3-34H,1-2H3. The highest BCUT2D eigenvalue weighted by Crippen LogP contribution is 2.52. The SMILES string of the molecule is CC1(C)c2ccccc2Oc2ccc3c4cccnc4n(-c4cccc([Si](c5ccccc5)(c5ccccc5)c5ccc6c7ccccc7n7ccnc7c6c5)c4)c3c21. The average molecular weight is 775 g/mol. The third-order valence-corrected chi connectivity index (χ3v) is 17.5. The van der Waals surface area contributed by atoms with Crippen LogP contribution < -0.4 is 25.5 Å². The van der Waals surface area contributed by atoms with E-state index in [-0.39, 0.29) is 5.41 Å². The zero-order valence-electron chi connectivity index (χ0n) is 32.7. The topological polar surface area (TPSA) is 44.4 Å². The van der Waals surface area contributed by atoms with Gasteiger partial charge in [0.1, 0.15) is 22.8 Å². The van der Waals surface area contributed by atoms with E-state index in [1.807, 2.05) is 18.5 Å². The molecular formula is C53H38N4OSi. The van der Waals surface area contributed by atoms with E-state index in [1.165, 1.54) is 37.1 Å². The normalized spacial score (nSPS) is 13.5. The van der Waals surface area contributed by atoms with Gasteiger partial charge in [-0.05, 0) is 74.7 Å². The van der Waals surface area contributed by atoms with Crippen molar-refractivity contribution in [1.82, 2.24) is 18.9 Å². The molecule has 6 heteroatoms. The van der Waals surface area contributed by atoms with Crippen molar-refractivity contribution in [3.63, 3.8) is 0 Å². The molecule has 0 fully saturated rings. The Balaban J connectivity index is 1.18. The van der Waals surface area contributed by atoms with Gasteiger partial charge in [-0.15, -0.1) is 0 Å². The van der Waals surface area contributed by atoms with E-state index >= 15 is 0 Å². The molecule has 280 valence electrons. The van der Waals surface area contributed by atoms with Crippen LogP contribution in [0, 0.1) is 0 Å². The van der Waals surface area contributed by atoms with Crippen LogP contribution in [0.25, 0.3) is 54.9 Å². The first-order valence-corrected chi connectivity index (χ1v) is 22.2. The molecule has 4 aromatic heterocycles. The van der Waals surface area contributed by atoms with Gasteiger partial charge in [-0.3, -0.25) is 8.97 Å². The summed E-state index contributed by atoms with van der Waals surface area (Å²) in [5.41, 5.74) is 7.23. The van der Waals surface area contributed by atoms with Gasteiger partial charge in [-0.25, -0.2) is 9.97 Å². The van der Waals surface area contributed by atoms with Crippen molar-refractivity contribution in [1.29, 1.82) is 0 Å². The highest BCUT2D eigenvalue weighted by atomic mass is 28.3. The molecule has 1 aliphatic heterocycles. The van der Waals surface area contributed by atoms with E-state index in [9.17, 15) is 0 Å². The molecule has 1 aliphatic rings. The van der Waals surface area contributed by atoms with Crippen molar-refractivity contribution in [2.24, 2.45) is 0 Å². The Labute approximate surface area is 342 Å². The predicted octanol–water partition coefficient (Wildman–Crippen LogP) is 9.94. The lowest BCUT2D eigenvalue weighted by Crippen LogP contribution is -2.74. The number of hydrogen-bond donors (Lipinski definition) is 0. The maximum Gasteiger partial charge on any atom is 0.179 e. The molecule has 0 spiro atoms. The Bertz CT molecular complexity index is 3420. The summed E-state index contributed by atoms with van der Waals surface area (Å²) in [6, 6.07) is 64.5. The summed E-state index contributed by atoms with van der Waals surface area (Å²) in [5.74, 6) is 1.79. The van der Waals surface area contributed by atoms with Crippen molar-refractivity contribution in [3.8, 4) is 17.2 Å². The fourth-order valence-electron chi connectivity index (χ4n) is 10.2. The molecule has 5 heterocycles. The van der Waals surface area contributed by atoms with Crippen LogP contribution in [0.2, 0.25) is 0 Å². The lowest BCUT2D eigenvalue weighted by Gasteiger charge is -2.36. The Hall–Kier alpha value is -7.28. The van der Waals surface area contributed by atoms with Crippen molar-refractivity contribution in [2.45, 2.75) is 19.3 Å². The fourth-order valence-corrected chi connectivity index (χ4v) is 15.0. The van der Waals surface area contributed by atoms with Crippen LogP contribution in [-0.4, -0.2) is 27.0 Å². The van der Waals surface area contributed by atoms with Gasteiger partial charge < -0.3 is 4.74 Å². The lowest BCUT2D eigenvalue weighted by molar-refractivity contribution is 0.420. The number of imidazole rings is 1. The molecule has 11 aromatic rings. The number of hydrogen-bond acceptors (Lipinski definition) is 3. The number of benzene rings is 7. The van der Waals surface area contributed by atoms with Crippen LogP contribution in [0.4, 0.5) is 0 Å². The van der Waals surface area contributed by atoms with Crippen molar-refractivity contribution >= 4 is 78.1 Å². The largest absolute Gasteiger partial charge is 0.457 e. The molecule has 12 rings (SSSR count). The van der Waals surface area contributed by atoms with E-state index in [2.05, 4.69) is 199 Å². The highest BCUT2D eigenvalue weighted by molar-refractivity contribution is 7.20. The van der Waals surface area contributed by atoms with Gasteiger partial charge in [0.25, 0.3) is 0 Å². The minimum Gasteiger partial charge on any atom is -0.457 e. The second kappa shape index (κ2) is 12.6. The third kappa shape index (κ3) is 4.72. The van der Waals surface area contributed by atoms with Gasteiger partial charge in [0, 0.05) is 62.4 Å². The molecule has 0 radical (unpaired) electrons. The average Bonchev–Trinajstić information content (AvgIpc) is 3.92. The summed E-state index contributed by atoms with van der Waals surface area (Å²) in [6.07, 6.45) is 5.91. The Morgan fingerprint density at radius 2 is 1.17 bits per heavy atom. The maximum absolute atomic E-state index is 6.71. The number of pyridine rings is 2. The monoisotopic (exact) mass is 774 g/mol. The fraction of sp³-hybridized carbons (Fsp3) is 0.0566. The van der Waals surface area contributed by atoms with E-state index < -0.39 is 8.07 Å². The van der Waals surface area contributed by atoms with Crippen LogP contribution in [0.1, 0.15) is 25.0 Å².